The molecule has 0 aliphatic rings. The van der Waals surface area contributed by atoms with Gasteiger partial charge in [0.1, 0.15) is 0 Å². The van der Waals surface area contributed by atoms with Gasteiger partial charge < -0.3 is 5.11 Å². The Labute approximate surface area is 98.7 Å². The molecule has 1 aromatic carbocycles. The molecule has 0 aliphatic heterocycles. The van der Waals surface area contributed by atoms with Crippen LogP contribution in [0.5, 0.6) is 0 Å². The standard InChI is InChI=1S/C12H13N3O2/c1-2-6-10-11(12(16)17)13-14-15(10)9-7-4-3-5-8-9/h3-5,7-8H,2,6H2,1H3,(H,16,17). The molecule has 1 aromatic heterocycles. The van der Waals surface area contributed by atoms with E-state index in [0.717, 1.165) is 12.1 Å². The van der Waals surface area contributed by atoms with Gasteiger partial charge in [-0.05, 0) is 18.6 Å². The lowest BCUT2D eigenvalue weighted by Crippen LogP contribution is -2.06. The predicted octanol–water partition coefficient (Wildman–Crippen LogP) is 1.92. The van der Waals surface area contributed by atoms with E-state index in [-0.39, 0.29) is 5.69 Å². The van der Waals surface area contributed by atoms with Crippen LogP contribution in [-0.4, -0.2) is 26.1 Å². The van der Waals surface area contributed by atoms with Crippen LogP contribution in [0.1, 0.15) is 29.5 Å². The van der Waals surface area contributed by atoms with Crippen molar-refractivity contribution < 1.29 is 9.90 Å². The first-order valence-corrected chi connectivity index (χ1v) is 5.47. The lowest BCUT2D eigenvalue weighted by molar-refractivity contribution is 0.0689. The molecule has 1 heterocycles. The molecule has 88 valence electrons. The Bertz CT molecular complexity index is 520. The lowest BCUT2D eigenvalue weighted by atomic mass is 10.2. The second-order valence-corrected chi connectivity index (χ2v) is 3.69. The van der Waals surface area contributed by atoms with Gasteiger partial charge in [0.25, 0.3) is 0 Å². The molecule has 0 fully saturated rings. The summed E-state index contributed by atoms with van der Waals surface area (Å²) in [5.41, 5.74) is 1.51. The Balaban J connectivity index is 2.51. The lowest BCUT2D eigenvalue weighted by Gasteiger charge is -2.05. The van der Waals surface area contributed by atoms with E-state index in [1.165, 1.54) is 0 Å². The van der Waals surface area contributed by atoms with Crippen LogP contribution < -0.4 is 0 Å². The molecule has 2 rings (SSSR count). The minimum atomic E-state index is -1.03. The van der Waals surface area contributed by atoms with E-state index in [2.05, 4.69) is 10.3 Å². The normalized spacial score (nSPS) is 10.4. The zero-order valence-corrected chi connectivity index (χ0v) is 9.50. The van der Waals surface area contributed by atoms with Crippen LogP contribution in [0.3, 0.4) is 0 Å². The van der Waals surface area contributed by atoms with Crippen molar-refractivity contribution in [2.24, 2.45) is 0 Å². The fourth-order valence-electron chi connectivity index (χ4n) is 1.71. The first-order chi connectivity index (χ1) is 8.24. The maximum absolute atomic E-state index is 11.0. The Kier molecular flexibility index (Phi) is 3.18. The van der Waals surface area contributed by atoms with Gasteiger partial charge in [-0.1, -0.05) is 36.8 Å². The number of para-hydroxylation sites is 1. The van der Waals surface area contributed by atoms with Gasteiger partial charge in [0.2, 0.25) is 0 Å². The molecule has 0 saturated carbocycles. The zero-order chi connectivity index (χ0) is 12.3. The van der Waals surface area contributed by atoms with Crippen LogP contribution in [0.4, 0.5) is 0 Å². The summed E-state index contributed by atoms with van der Waals surface area (Å²) in [4.78, 5) is 11.0. The fraction of sp³-hybridized carbons (Fsp3) is 0.250. The summed E-state index contributed by atoms with van der Waals surface area (Å²) in [6, 6.07) is 9.41. The van der Waals surface area contributed by atoms with Gasteiger partial charge in [-0.2, -0.15) is 0 Å². The molecular formula is C12H13N3O2. The van der Waals surface area contributed by atoms with Crippen molar-refractivity contribution in [1.29, 1.82) is 0 Å². The van der Waals surface area contributed by atoms with Crippen molar-refractivity contribution in [1.82, 2.24) is 15.0 Å². The average Bonchev–Trinajstić information content (AvgIpc) is 2.75. The molecule has 0 atom stereocenters. The van der Waals surface area contributed by atoms with Gasteiger partial charge in [-0.3, -0.25) is 0 Å². The molecule has 0 aliphatic carbocycles. The van der Waals surface area contributed by atoms with Gasteiger partial charge >= 0.3 is 5.97 Å². The number of carboxylic acid groups (broad SMARTS) is 1. The molecule has 1 N–H and O–H groups in total. The number of rotatable bonds is 4. The van der Waals surface area contributed by atoms with E-state index in [1.54, 1.807) is 4.68 Å². The predicted molar refractivity (Wildman–Crippen MR) is 62.3 cm³/mol. The Morgan fingerprint density at radius 1 is 1.35 bits per heavy atom. The quantitative estimate of drug-likeness (QED) is 0.872. The van der Waals surface area contributed by atoms with Crippen LogP contribution >= 0.6 is 0 Å². The minimum Gasteiger partial charge on any atom is -0.476 e. The molecule has 0 bridgehead atoms. The minimum absolute atomic E-state index is 0.0377. The molecule has 2 aromatic rings. The Morgan fingerprint density at radius 2 is 2.06 bits per heavy atom. The smallest absolute Gasteiger partial charge is 0.358 e. The second kappa shape index (κ2) is 4.78. The van der Waals surface area contributed by atoms with Crippen LogP contribution in [0.15, 0.2) is 30.3 Å². The van der Waals surface area contributed by atoms with E-state index in [4.69, 9.17) is 5.11 Å². The highest BCUT2D eigenvalue weighted by Crippen LogP contribution is 2.14. The number of hydrogen-bond donors (Lipinski definition) is 1. The molecule has 0 radical (unpaired) electrons. The van der Waals surface area contributed by atoms with Crippen molar-refractivity contribution in [2.75, 3.05) is 0 Å². The molecule has 0 unspecified atom stereocenters. The summed E-state index contributed by atoms with van der Waals surface area (Å²) >= 11 is 0. The van der Waals surface area contributed by atoms with E-state index in [9.17, 15) is 4.79 Å². The van der Waals surface area contributed by atoms with Gasteiger partial charge in [-0.25, -0.2) is 9.48 Å². The fourth-order valence-corrected chi connectivity index (χ4v) is 1.71. The van der Waals surface area contributed by atoms with Crippen molar-refractivity contribution in [3.8, 4) is 5.69 Å². The monoisotopic (exact) mass is 231 g/mol. The Morgan fingerprint density at radius 3 is 2.65 bits per heavy atom. The number of hydrogen-bond acceptors (Lipinski definition) is 3. The van der Waals surface area contributed by atoms with Gasteiger partial charge in [0, 0.05) is 0 Å². The topological polar surface area (TPSA) is 68.0 Å². The van der Waals surface area contributed by atoms with Crippen molar-refractivity contribution in [3.05, 3.63) is 41.7 Å². The number of carbonyl (C=O) groups is 1. The third-order valence-corrected chi connectivity index (χ3v) is 2.45. The molecule has 0 saturated heterocycles. The summed E-state index contributed by atoms with van der Waals surface area (Å²) in [5.74, 6) is -1.03. The largest absolute Gasteiger partial charge is 0.476 e. The number of carboxylic acids is 1. The summed E-state index contributed by atoms with van der Waals surface area (Å²) in [5, 5.41) is 16.7. The first kappa shape index (κ1) is 11.3. The number of aromatic carboxylic acids is 1. The van der Waals surface area contributed by atoms with Crippen molar-refractivity contribution in [2.45, 2.75) is 19.8 Å². The molecule has 0 amide bonds. The summed E-state index contributed by atoms with van der Waals surface area (Å²) in [7, 11) is 0. The zero-order valence-electron chi connectivity index (χ0n) is 9.50. The Hall–Kier alpha value is -2.17. The summed E-state index contributed by atoms with van der Waals surface area (Å²) < 4.78 is 1.59. The van der Waals surface area contributed by atoms with Crippen LogP contribution in [0.25, 0.3) is 5.69 Å². The molecule has 0 spiro atoms. The van der Waals surface area contributed by atoms with Crippen molar-refractivity contribution in [3.63, 3.8) is 0 Å². The van der Waals surface area contributed by atoms with Crippen molar-refractivity contribution >= 4 is 5.97 Å². The molecular weight excluding hydrogens is 218 g/mol. The van der Waals surface area contributed by atoms with Crippen LogP contribution in [-0.2, 0) is 6.42 Å². The third-order valence-electron chi connectivity index (χ3n) is 2.45. The van der Waals surface area contributed by atoms with Crippen LogP contribution in [0.2, 0.25) is 0 Å². The summed E-state index contributed by atoms with van der Waals surface area (Å²) in [6.45, 7) is 1.99. The molecule has 17 heavy (non-hydrogen) atoms. The number of nitrogens with zero attached hydrogens (tertiary/aromatic N) is 3. The van der Waals surface area contributed by atoms with Gasteiger partial charge in [0.15, 0.2) is 5.69 Å². The van der Waals surface area contributed by atoms with Gasteiger partial charge in [-0.15, -0.1) is 5.10 Å². The second-order valence-electron chi connectivity index (χ2n) is 3.69. The maximum Gasteiger partial charge on any atom is 0.358 e. The van der Waals surface area contributed by atoms with E-state index < -0.39 is 5.97 Å². The number of aromatic nitrogens is 3. The molecule has 5 nitrogen and oxygen atoms in total. The number of benzene rings is 1. The third kappa shape index (κ3) is 2.18. The van der Waals surface area contributed by atoms with E-state index in [1.807, 2.05) is 37.3 Å². The average molecular weight is 231 g/mol. The SMILES string of the molecule is CCCc1c(C(=O)O)nnn1-c1ccccc1. The summed E-state index contributed by atoms with van der Waals surface area (Å²) in [6.07, 6.45) is 1.49. The first-order valence-electron chi connectivity index (χ1n) is 5.47. The molecule has 5 heteroatoms. The van der Waals surface area contributed by atoms with Crippen LogP contribution in [0, 0.1) is 0 Å². The highest BCUT2D eigenvalue weighted by molar-refractivity contribution is 5.86. The highest BCUT2D eigenvalue weighted by atomic mass is 16.4. The van der Waals surface area contributed by atoms with E-state index >= 15 is 0 Å². The highest BCUT2D eigenvalue weighted by Gasteiger charge is 2.18. The maximum atomic E-state index is 11.0. The van der Waals surface area contributed by atoms with E-state index in [0.29, 0.717) is 12.1 Å². The van der Waals surface area contributed by atoms with Gasteiger partial charge in [0.05, 0.1) is 11.4 Å².